The van der Waals surface area contributed by atoms with Crippen molar-refractivity contribution in [3.63, 3.8) is 0 Å². The van der Waals surface area contributed by atoms with Crippen molar-refractivity contribution < 1.29 is 9.53 Å². The van der Waals surface area contributed by atoms with Crippen LogP contribution in [0.1, 0.15) is 55.5 Å². The number of carbonyl (C=O) groups excluding carboxylic acids is 1. The van der Waals surface area contributed by atoms with Crippen molar-refractivity contribution in [3.05, 3.63) is 10.6 Å². The minimum Gasteiger partial charge on any atom is -0.379 e. The van der Waals surface area contributed by atoms with Gasteiger partial charge in [0.2, 0.25) is 0 Å². The molecule has 1 aromatic rings. The molecule has 0 radical (unpaired) electrons. The monoisotopic (exact) mass is 378 g/mol. The molecule has 6 nitrogen and oxygen atoms in total. The molecule has 2 N–H and O–H groups in total. The number of ether oxygens (including phenoxy) is 1. The van der Waals surface area contributed by atoms with Gasteiger partial charge in [-0.2, -0.15) is 0 Å². The molecule has 0 spiro atoms. The number of thiazole rings is 1. The van der Waals surface area contributed by atoms with Gasteiger partial charge in [-0.1, -0.05) is 19.3 Å². The standard InChI is InChI=1S/C19H30N4O2S/c24-17(22-18-21-15-6-2-3-7-16(15)26-18)20-14-19(8-4-1-5-9-19)23-10-12-25-13-11-23/h1-14H2,(H2,20,21,22,24). The number of aryl methyl sites for hydroxylation is 2. The third-order valence-electron chi connectivity index (χ3n) is 6.11. The summed E-state index contributed by atoms with van der Waals surface area (Å²) in [5.41, 5.74) is 1.29. The number of fused-ring (bicyclic) bond motifs is 1. The predicted molar refractivity (Wildman–Crippen MR) is 104 cm³/mol. The Morgan fingerprint density at radius 3 is 2.65 bits per heavy atom. The second kappa shape index (κ2) is 8.23. The summed E-state index contributed by atoms with van der Waals surface area (Å²) in [6, 6.07) is -0.116. The molecule has 0 atom stereocenters. The number of urea groups is 1. The number of rotatable bonds is 4. The summed E-state index contributed by atoms with van der Waals surface area (Å²) in [6.45, 7) is 4.27. The van der Waals surface area contributed by atoms with E-state index in [2.05, 4.69) is 20.5 Å². The van der Waals surface area contributed by atoms with Gasteiger partial charge in [-0.05, 0) is 38.5 Å². The van der Waals surface area contributed by atoms with Crippen LogP contribution in [0.25, 0.3) is 0 Å². The van der Waals surface area contributed by atoms with E-state index in [1.807, 2.05) is 0 Å². The van der Waals surface area contributed by atoms with E-state index in [1.54, 1.807) is 11.3 Å². The second-order valence-electron chi connectivity index (χ2n) is 7.79. The molecule has 0 aromatic carbocycles. The Morgan fingerprint density at radius 2 is 1.88 bits per heavy atom. The van der Waals surface area contributed by atoms with Crippen LogP contribution in [0.3, 0.4) is 0 Å². The normalized spacial score (nSPS) is 23.2. The van der Waals surface area contributed by atoms with E-state index >= 15 is 0 Å². The van der Waals surface area contributed by atoms with Gasteiger partial charge in [0, 0.05) is 30.1 Å². The average molecular weight is 379 g/mol. The third kappa shape index (κ3) is 4.05. The maximum Gasteiger partial charge on any atom is 0.321 e. The molecule has 26 heavy (non-hydrogen) atoms. The van der Waals surface area contributed by atoms with Gasteiger partial charge in [0.1, 0.15) is 0 Å². The van der Waals surface area contributed by atoms with E-state index in [-0.39, 0.29) is 11.6 Å². The highest BCUT2D eigenvalue weighted by Gasteiger charge is 2.38. The topological polar surface area (TPSA) is 66.5 Å². The molecule has 1 saturated heterocycles. The molecule has 144 valence electrons. The molecule has 1 aliphatic heterocycles. The Kier molecular flexibility index (Phi) is 5.76. The van der Waals surface area contributed by atoms with E-state index in [0.29, 0.717) is 6.54 Å². The maximum atomic E-state index is 12.5. The molecule has 1 aromatic heterocycles. The molecule has 0 bridgehead atoms. The van der Waals surface area contributed by atoms with Gasteiger partial charge < -0.3 is 10.1 Å². The van der Waals surface area contributed by atoms with Crippen molar-refractivity contribution in [2.75, 3.05) is 38.2 Å². The molecule has 4 rings (SSSR count). The molecule has 0 unspecified atom stereocenters. The summed E-state index contributed by atoms with van der Waals surface area (Å²) in [4.78, 5) is 21.0. The summed E-state index contributed by atoms with van der Waals surface area (Å²) in [7, 11) is 0. The summed E-state index contributed by atoms with van der Waals surface area (Å²) in [5.74, 6) is 0. The number of amides is 2. The number of carbonyl (C=O) groups is 1. The van der Waals surface area contributed by atoms with Crippen LogP contribution in [0.2, 0.25) is 0 Å². The Balaban J connectivity index is 1.35. The number of anilines is 1. The Hall–Kier alpha value is -1.18. The van der Waals surface area contributed by atoms with Crippen LogP contribution >= 0.6 is 11.3 Å². The molecule has 7 heteroatoms. The molecular weight excluding hydrogens is 348 g/mol. The number of nitrogens with one attached hydrogen (secondary N) is 2. The zero-order valence-electron chi connectivity index (χ0n) is 15.5. The van der Waals surface area contributed by atoms with Crippen LogP contribution in [0.5, 0.6) is 0 Å². The van der Waals surface area contributed by atoms with Crippen LogP contribution in [0, 0.1) is 0 Å². The zero-order chi connectivity index (χ0) is 17.8. The van der Waals surface area contributed by atoms with Crippen LogP contribution in [0.4, 0.5) is 9.93 Å². The molecule has 2 heterocycles. The average Bonchev–Trinajstić information content (AvgIpc) is 3.10. The number of hydrogen-bond donors (Lipinski definition) is 2. The summed E-state index contributed by atoms with van der Waals surface area (Å²) in [5, 5.41) is 6.88. The molecule has 1 saturated carbocycles. The number of hydrogen-bond acceptors (Lipinski definition) is 5. The van der Waals surface area contributed by atoms with Crippen LogP contribution < -0.4 is 10.6 Å². The van der Waals surface area contributed by atoms with E-state index in [0.717, 1.165) is 44.3 Å². The Bertz CT molecular complexity index is 598. The number of aromatic nitrogens is 1. The van der Waals surface area contributed by atoms with Crippen LogP contribution in [-0.4, -0.2) is 54.3 Å². The minimum atomic E-state index is -0.116. The summed E-state index contributed by atoms with van der Waals surface area (Å²) >= 11 is 1.64. The quantitative estimate of drug-likeness (QED) is 0.844. The van der Waals surface area contributed by atoms with Gasteiger partial charge >= 0.3 is 6.03 Å². The van der Waals surface area contributed by atoms with Gasteiger partial charge in [-0.25, -0.2) is 9.78 Å². The first-order valence-corrected chi connectivity index (χ1v) is 10.9. The fourth-order valence-electron chi connectivity index (χ4n) is 4.64. The van der Waals surface area contributed by atoms with Crippen LogP contribution in [-0.2, 0) is 17.6 Å². The first-order valence-electron chi connectivity index (χ1n) is 10.1. The van der Waals surface area contributed by atoms with Gasteiger partial charge in [0.25, 0.3) is 0 Å². The van der Waals surface area contributed by atoms with Crippen LogP contribution in [0.15, 0.2) is 0 Å². The number of nitrogens with zero attached hydrogens (tertiary/aromatic N) is 2. The van der Waals surface area contributed by atoms with Crippen molar-refractivity contribution in [3.8, 4) is 0 Å². The van der Waals surface area contributed by atoms with Crippen molar-refractivity contribution in [2.45, 2.75) is 63.3 Å². The lowest BCUT2D eigenvalue weighted by molar-refractivity contribution is -0.0356. The van der Waals surface area contributed by atoms with Gasteiger partial charge in [0.05, 0.1) is 18.9 Å². The smallest absolute Gasteiger partial charge is 0.321 e. The van der Waals surface area contributed by atoms with E-state index in [9.17, 15) is 4.79 Å². The van der Waals surface area contributed by atoms with Gasteiger partial charge in [0.15, 0.2) is 5.13 Å². The highest BCUT2D eigenvalue weighted by Crippen LogP contribution is 2.34. The van der Waals surface area contributed by atoms with E-state index in [1.165, 1.54) is 55.5 Å². The fourth-order valence-corrected chi connectivity index (χ4v) is 5.69. The lowest BCUT2D eigenvalue weighted by atomic mass is 9.80. The van der Waals surface area contributed by atoms with Crippen molar-refractivity contribution in [1.29, 1.82) is 0 Å². The second-order valence-corrected chi connectivity index (χ2v) is 8.87. The Labute approximate surface area is 159 Å². The lowest BCUT2D eigenvalue weighted by Gasteiger charge is -2.48. The third-order valence-corrected chi connectivity index (χ3v) is 7.18. The minimum absolute atomic E-state index is 0.0987. The van der Waals surface area contributed by atoms with E-state index < -0.39 is 0 Å². The van der Waals surface area contributed by atoms with E-state index in [4.69, 9.17) is 4.74 Å². The van der Waals surface area contributed by atoms with Crippen molar-refractivity contribution in [2.24, 2.45) is 0 Å². The highest BCUT2D eigenvalue weighted by molar-refractivity contribution is 7.15. The zero-order valence-corrected chi connectivity index (χ0v) is 16.3. The first-order chi connectivity index (χ1) is 12.8. The highest BCUT2D eigenvalue weighted by atomic mass is 32.1. The number of morpholine rings is 1. The molecule has 2 amide bonds. The molecule has 3 aliphatic rings. The SMILES string of the molecule is O=C(NCC1(N2CCOCC2)CCCCC1)Nc1nc2c(s1)CCCC2. The predicted octanol–water partition coefficient (Wildman–Crippen LogP) is 3.18. The Morgan fingerprint density at radius 1 is 1.12 bits per heavy atom. The first kappa shape index (κ1) is 18.2. The van der Waals surface area contributed by atoms with Crippen molar-refractivity contribution >= 4 is 22.5 Å². The van der Waals surface area contributed by atoms with Gasteiger partial charge in [-0.3, -0.25) is 10.2 Å². The fraction of sp³-hybridized carbons (Fsp3) is 0.789. The van der Waals surface area contributed by atoms with Gasteiger partial charge in [-0.15, -0.1) is 11.3 Å². The summed E-state index contributed by atoms with van der Waals surface area (Å²) < 4.78 is 5.53. The van der Waals surface area contributed by atoms with Crippen molar-refractivity contribution in [1.82, 2.24) is 15.2 Å². The maximum absolute atomic E-state index is 12.5. The molecule has 2 fully saturated rings. The largest absolute Gasteiger partial charge is 0.379 e. The summed E-state index contributed by atoms with van der Waals surface area (Å²) in [6.07, 6.45) is 10.7. The molecular formula is C19H30N4O2S. The lowest BCUT2D eigenvalue weighted by Crippen LogP contribution is -2.60. The molecule has 2 aliphatic carbocycles.